The van der Waals surface area contributed by atoms with Crippen LogP contribution < -0.4 is 5.32 Å². The highest BCUT2D eigenvalue weighted by Gasteiger charge is 2.30. The Labute approximate surface area is 138 Å². The van der Waals surface area contributed by atoms with Gasteiger partial charge in [-0.15, -0.1) is 0 Å². The number of nitrogens with zero attached hydrogens (tertiary/aromatic N) is 2. The summed E-state index contributed by atoms with van der Waals surface area (Å²) in [5, 5.41) is 2.74. The van der Waals surface area contributed by atoms with E-state index in [9.17, 15) is 14.0 Å². The van der Waals surface area contributed by atoms with Crippen LogP contribution in [0.5, 0.6) is 0 Å². The molecule has 4 rings (SSSR count). The molecule has 6 heteroatoms. The number of hydrogen-bond acceptors (Lipinski definition) is 3. The van der Waals surface area contributed by atoms with Crippen molar-refractivity contribution < 1.29 is 14.0 Å². The standard InChI is InChI=1S/C18H16FN3O2/c19-15-3-1-2-13-9-22(10-14(13)15)18(24)12-6-7-20-16(8-12)21-17(23)11-4-5-11/h1-3,6-8,11H,4-5,9-10H2,(H,20,21,23). The summed E-state index contributed by atoms with van der Waals surface area (Å²) in [6.45, 7) is 0.644. The number of anilines is 1. The number of benzene rings is 1. The fourth-order valence-corrected chi connectivity index (χ4v) is 2.91. The molecule has 1 aromatic heterocycles. The SMILES string of the molecule is O=C(Nc1cc(C(=O)N2Cc3cccc(F)c3C2)ccn1)C1CC1. The van der Waals surface area contributed by atoms with Gasteiger partial charge in [0.1, 0.15) is 11.6 Å². The van der Waals surface area contributed by atoms with Crippen LogP contribution >= 0.6 is 0 Å². The average Bonchev–Trinajstić information content (AvgIpc) is 3.34. The van der Waals surface area contributed by atoms with Crippen LogP contribution in [0.3, 0.4) is 0 Å². The first-order chi connectivity index (χ1) is 11.6. The number of halogens is 1. The minimum atomic E-state index is -0.282. The summed E-state index contributed by atoms with van der Waals surface area (Å²) in [5.41, 5.74) is 1.84. The van der Waals surface area contributed by atoms with Gasteiger partial charge in [-0.05, 0) is 36.6 Å². The smallest absolute Gasteiger partial charge is 0.254 e. The lowest BCUT2D eigenvalue weighted by Gasteiger charge is -2.16. The molecule has 24 heavy (non-hydrogen) atoms. The van der Waals surface area contributed by atoms with E-state index < -0.39 is 0 Å². The Kier molecular flexibility index (Phi) is 3.52. The molecule has 2 aromatic rings. The van der Waals surface area contributed by atoms with Crippen molar-refractivity contribution >= 4 is 17.6 Å². The third-order valence-corrected chi connectivity index (χ3v) is 4.42. The maximum Gasteiger partial charge on any atom is 0.254 e. The van der Waals surface area contributed by atoms with Crippen LogP contribution in [0.2, 0.25) is 0 Å². The molecule has 1 aliphatic carbocycles. The van der Waals surface area contributed by atoms with Crippen LogP contribution in [-0.2, 0) is 17.9 Å². The maximum atomic E-state index is 13.8. The van der Waals surface area contributed by atoms with Crippen molar-refractivity contribution in [3.8, 4) is 0 Å². The molecule has 0 unspecified atom stereocenters. The first-order valence-corrected chi connectivity index (χ1v) is 7.94. The zero-order valence-electron chi connectivity index (χ0n) is 13.0. The van der Waals surface area contributed by atoms with Gasteiger partial charge in [0.15, 0.2) is 0 Å². The number of carbonyl (C=O) groups is 2. The summed E-state index contributed by atoms with van der Waals surface area (Å²) in [4.78, 5) is 30.2. The zero-order chi connectivity index (χ0) is 16.7. The predicted octanol–water partition coefficient (Wildman–Crippen LogP) is 2.73. The van der Waals surface area contributed by atoms with Gasteiger partial charge in [-0.1, -0.05) is 12.1 Å². The van der Waals surface area contributed by atoms with E-state index in [1.54, 1.807) is 23.1 Å². The molecule has 1 fully saturated rings. The number of aromatic nitrogens is 1. The van der Waals surface area contributed by atoms with Gasteiger partial charge in [0.2, 0.25) is 5.91 Å². The monoisotopic (exact) mass is 325 g/mol. The van der Waals surface area contributed by atoms with Gasteiger partial charge < -0.3 is 10.2 Å². The van der Waals surface area contributed by atoms with Crippen molar-refractivity contribution in [1.29, 1.82) is 0 Å². The van der Waals surface area contributed by atoms with Crippen LogP contribution in [0.15, 0.2) is 36.5 Å². The highest BCUT2D eigenvalue weighted by atomic mass is 19.1. The maximum absolute atomic E-state index is 13.8. The fraction of sp³-hybridized carbons (Fsp3) is 0.278. The molecule has 2 amide bonds. The van der Waals surface area contributed by atoms with Crippen molar-refractivity contribution in [2.75, 3.05) is 5.32 Å². The van der Waals surface area contributed by atoms with E-state index in [-0.39, 0.29) is 30.1 Å². The van der Waals surface area contributed by atoms with Gasteiger partial charge in [-0.2, -0.15) is 0 Å². The summed E-state index contributed by atoms with van der Waals surface area (Å²) in [6, 6.07) is 8.07. The Morgan fingerprint density at radius 3 is 2.79 bits per heavy atom. The largest absolute Gasteiger partial charge is 0.330 e. The first kappa shape index (κ1) is 14.8. The summed E-state index contributed by atoms with van der Waals surface area (Å²) >= 11 is 0. The molecule has 0 atom stereocenters. The van der Waals surface area contributed by atoms with Crippen LogP contribution in [0.1, 0.15) is 34.3 Å². The molecular weight excluding hydrogens is 309 g/mol. The number of amides is 2. The Morgan fingerprint density at radius 2 is 2.04 bits per heavy atom. The fourth-order valence-electron chi connectivity index (χ4n) is 2.91. The minimum absolute atomic E-state index is 0.0530. The Bertz CT molecular complexity index is 833. The molecule has 0 saturated heterocycles. The van der Waals surface area contributed by atoms with E-state index in [0.29, 0.717) is 23.5 Å². The van der Waals surface area contributed by atoms with Crippen molar-refractivity contribution in [3.05, 3.63) is 59.0 Å². The van der Waals surface area contributed by atoms with Crippen molar-refractivity contribution in [3.63, 3.8) is 0 Å². The summed E-state index contributed by atoms with van der Waals surface area (Å²) in [5.74, 6) is -0.0876. The first-order valence-electron chi connectivity index (χ1n) is 7.94. The number of hydrogen-bond donors (Lipinski definition) is 1. The number of rotatable bonds is 3. The second-order valence-corrected chi connectivity index (χ2v) is 6.23. The third kappa shape index (κ3) is 2.75. The molecule has 1 aromatic carbocycles. The summed E-state index contributed by atoms with van der Waals surface area (Å²) in [6.07, 6.45) is 3.31. The second kappa shape index (κ2) is 5.70. The van der Waals surface area contributed by atoms with Gasteiger partial charge in [0, 0.05) is 36.3 Å². The van der Waals surface area contributed by atoms with E-state index in [4.69, 9.17) is 0 Å². The van der Waals surface area contributed by atoms with Crippen LogP contribution in [0, 0.1) is 11.7 Å². The lowest BCUT2D eigenvalue weighted by molar-refractivity contribution is -0.117. The number of carbonyl (C=O) groups excluding carboxylic acids is 2. The van der Waals surface area contributed by atoms with E-state index in [1.165, 1.54) is 12.3 Å². The van der Waals surface area contributed by atoms with Crippen LogP contribution in [0.25, 0.3) is 0 Å². The van der Waals surface area contributed by atoms with Crippen molar-refractivity contribution in [2.24, 2.45) is 5.92 Å². The normalized spacial score (nSPS) is 16.0. The molecule has 122 valence electrons. The van der Waals surface area contributed by atoms with Gasteiger partial charge in [0.05, 0.1) is 0 Å². The Balaban J connectivity index is 1.51. The molecule has 1 aliphatic heterocycles. The number of nitrogens with one attached hydrogen (secondary N) is 1. The molecule has 2 aliphatic rings. The van der Waals surface area contributed by atoms with Gasteiger partial charge in [0.25, 0.3) is 5.91 Å². The summed E-state index contributed by atoms with van der Waals surface area (Å²) in [7, 11) is 0. The lowest BCUT2D eigenvalue weighted by Crippen LogP contribution is -2.25. The molecule has 0 radical (unpaired) electrons. The zero-order valence-corrected chi connectivity index (χ0v) is 13.0. The second-order valence-electron chi connectivity index (χ2n) is 6.23. The average molecular weight is 325 g/mol. The van der Waals surface area contributed by atoms with E-state index >= 15 is 0 Å². The number of fused-ring (bicyclic) bond motifs is 1. The number of pyridine rings is 1. The molecular formula is C18H16FN3O2. The lowest BCUT2D eigenvalue weighted by atomic mass is 10.1. The highest BCUT2D eigenvalue weighted by Crippen LogP contribution is 2.30. The topological polar surface area (TPSA) is 62.3 Å². The molecule has 1 N–H and O–H groups in total. The Morgan fingerprint density at radius 1 is 1.21 bits per heavy atom. The molecule has 0 spiro atoms. The van der Waals surface area contributed by atoms with Gasteiger partial charge in [-0.25, -0.2) is 9.37 Å². The third-order valence-electron chi connectivity index (χ3n) is 4.42. The Hall–Kier alpha value is -2.76. The van der Waals surface area contributed by atoms with Gasteiger partial charge >= 0.3 is 0 Å². The molecule has 0 bridgehead atoms. The molecule has 5 nitrogen and oxygen atoms in total. The predicted molar refractivity (Wildman–Crippen MR) is 85.6 cm³/mol. The highest BCUT2D eigenvalue weighted by molar-refractivity contribution is 5.97. The van der Waals surface area contributed by atoms with E-state index in [1.807, 2.05) is 6.07 Å². The van der Waals surface area contributed by atoms with E-state index in [0.717, 1.165) is 18.4 Å². The summed E-state index contributed by atoms with van der Waals surface area (Å²) < 4.78 is 13.8. The van der Waals surface area contributed by atoms with E-state index in [2.05, 4.69) is 10.3 Å². The molecule has 1 saturated carbocycles. The van der Waals surface area contributed by atoms with Crippen molar-refractivity contribution in [2.45, 2.75) is 25.9 Å². The molecule has 2 heterocycles. The van der Waals surface area contributed by atoms with Crippen molar-refractivity contribution in [1.82, 2.24) is 9.88 Å². The van der Waals surface area contributed by atoms with Gasteiger partial charge in [-0.3, -0.25) is 9.59 Å². The van der Waals surface area contributed by atoms with Crippen LogP contribution in [-0.4, -0.2) is 21.7 Å². The van der Waals surface area contributed by atoms with Crippen LogP contribution in [0.4, 0.5) is 10.2 Å². The quantitative estimate of drug-likeness (QED) is 0.944. The minimum Gasteiger partial charge on any atom is -0.330 e.